The molecule has 0 unspecified atom stereocenters. The first-order chi connectivity index (χ1) is 8.23. The minimum Gasteiger partial charge on any atom is -0.398 e. The number of hydrogen-bond donors (Lipinski definition) is 0. The second-order valence-electron chi connectivity index (χ2n) is 6.42. The highest BCUT2D eigenvalue weighted by atomic mass is 16.7. The Labute approximate surface area is 110 Å². The van der Waals surface area contributed by atoms with E-state index in [-0.39, 0.29) is 18.3 Å². The Kier molecular flexibility index (Phi) is 3.32. The average Bonchev–Trinajstić information content (AvgIpc) is 2.69. The maximum absolute atomic E-state index is 6.05. The second-order valence-corrected chi connectivity index (χ2v) is 6.42. The fourth-order valence-corrected chi connectivity index (χ4v) is 2.01. The largest absolute Gasteiger partial charge is 0.514 e. The molecule has 0 atom stereocenters. The summed E-state index contributed by atoms with van der Waals surface area (Å²) in [4.78, 5) is 0. The van der Waals surface area contributed by atoms with E-state index in [1.54, 1.807) is 0 Å². The summed E-state index contributed by atoms with van der Waals surface area (Å²) in [7, 11) is -0.323. The van der Waals surface area contributed by atoms with Crippen LogP contribution in [0.4, 0.5) is 0 Å². The summed E-state index contributed by atoms with van der Waals surface area (Å²) in [5.41, 5.74) is 0.400. The SMILES string of the molecule is CC(C)Cn1nccc1B1OC(C)(C)C(C)(C)O1. The third-order valence-corrected chi connectivity index (χ3v) is 3.78. The molecule has 0 N–H and O–H groups in total. The predicted molar refractivity (Wildman–Crippen MR) is 72.8 cm³/mol. The Bertz CT molecular complexity index is 410. The molecule has 2 heterocycles. The molecule has 5 heteroatoms. The molecule has 1 saturated heterocycles. The zero-order valence-corrected chi connectivity index (χ0v) is 12.2. The average molecular weight is 250 g/mol. The molecular weight excluding hydrogens is 227 g/mol. The highest BCUT2D eigenvalue weighted by molar-refractivity contribution is 6.61. The topological polar surface area (TPSA) is 36.3 Å². The van der Waals surface area contributed by atoms with Crippen LogP contribution in [0.25, 0.3) is 0 Å². The van der Waals surface area contributed by atoms with Crippen LogP contribution in [-0.4, -0.2) is 28.1 Å². The summed E-state index contributed by atoms with van der Waals surface area (Å²) >= 11 is 0. The van der Waals surface area contributed by atoms with Crippen molar-refractivity contribution >= 4 is 12.7 Å². The fourth-order valence-electron chi connectivity index (χ4n) is 2.01. The highest BCUT2D eigenvalue weighted by Crippen LogP contribution is 2.36. The van der Waals surface area contributed by atoms with Crippen molar-refractivity contribution in [3.05, 3.63) is 12.3 Å². The van der Waals surface area contributed by atoms with Crippen molar-refractivity contribution in [2.24, 2.45) is 5.92 Å². The van der Waals surface area contributed by atoms with Gasteiger partial charge in [0.15, 0.2) is 0 Å². The van der Waals surface area contributed by atoms with Crippen molar-refractivity contribution in [2.75, 3.05) is 0 Å². The van der Waals surface area contributed by atoms with E-state index in [9.17, 15) is 0 Å². The molecule has 0 amide bonds. The van der Waals surface area contributed by atoms with E-state index in [0.717, 1.165) is 12.1 Å². The predicted octanol–water partition coefficient (Wildman–Crippen LogP) is 1.84. The third-order valence-electron chi connectivity index (χ3n) is 3.78. The normalized spacial score (nSPS) is 21.8. The third kappa shape index (κ3) is 2.34. The molecule has 1 aromatic rings. The zero-order chi connectivity index (χ0) is 13.6. The Balaban J connectivity index is 2.22. The van der Waals surface area contributed by atoms with E-state index in [1.165, 1.54) is 0 Å². The van der Waals surface area contributed by atoms with Gasteiger partial charge in [-0.25, -0.2) is 0 Å². The molecule has 0 saturated carbocycles. The minimum absolute atomic E-state index is 0.301. The van der Waals surface area contributed by atoms with Crippen LogP contribution < -0.4 is 5.59 Å². The van der Waals surface area contributed by atoms with E-state index < -0.39 is 0 Å². The quantitative estimate of drug-likeness (QED) is 0.768. The van der Waals surface area contributed by atoms with Crippen LogP contribution in [0, 0.1) is 5.92 Å². The van der Waals surface area contributed by atoms with Crippen LogP contribution in [0.15, 0.2) is 12.3 Å². The first-order valence-corrected chi connectivity index (χ1v) is 6.60. The molecule has 0 bridgehead atoms. The number of rotatable bonds is 3. The van der Waals surface area contributed by atoms with E-state index in [1.807, 2.05) is 16.9 Å². The zero-order valence-electron chi connectivity index (χ0n) is 12.2. The maximum Gasteiger partial charge on any atom is 0.514 e. The van der Waals surface area contributed by atoms with Gasteiger partial charge in [-0.15, -0.1) is 0 Å². The van der Waals surface area contributed by atoms with Gasteiger partial charge in [-0.05, 0) is 39.7 Å². The summed E-state index contributed by atoms with van der Waals surface area (Å²) in [5, 5.41) is 4.35. The molecule has 2 rings (SSSR count). The van der Waals surface area contributed by atoms with Crippen LogP contribution in [0.1, 0.15) is 41.5 Å². The minimum atomic E-state index is -0.323. The Hall–Kier alpha value is -0.805. The molecule has 18 heavy (non-hydrogen) atoms. The van der Waals surface area contributed by atoms with Gasteiger partial charge < -0.3 is 9.31 Å². The summed E-state index contributed by atoms with van der Waals surface area (Å²) in [6.07, 6.45) is 1.81. The van der Waals surface area contributed by atoms with Gasteiger partial charge in [-0.3, -0.25) is 4.68 Å². The van der Waals surface area contributed by atoms with Crippen molar-refractivity contribution in [1.82, 2.24) is 9.78 Å². The second kappa shape index (κ2) is 4.39. The van der Waals surface area contributed by atoms with Gasteiger partial charge >= 0.3 is 7.12 Å². The van der Waals surface area contributed by atoms with Crippen molar-refractivity contribution in [3.63, 3.8) is 0 Å². The summed E-state index contributed by atoms with van der Waals surface area (Å²) < 4.78 is 14.1. The standard InChI is InChI=1S/C13H23BN2O2/c1-10(2)9-16-11(7-8-15-16)14-17-12(3,4)13(5,6)18-14/h7-8,10H,9H2,1-6H3. The first-order valence-electron chi connectivity index (χ1n) is 6.60. The van der Waals surface area contributed by atoms with Crippen LogP contribution in [-0.2, 0) is 15.9 Å². The molecular formula is C13H23BN2O2. The lowest BCUT2D eigenvalue weighted by molar-refractivity contribution is 0.00578. The fraction of sp³-hybridized carbons (Fsp3) is 0.769. The van der Waals surface area contributed by atoms with Gasteiger partial charge in [0.25, 0.3) is 0 Å². The van der Waals surface area contributed by atoms with Gasteiger partial charge in [-0.2, -0.15) is 5.10 Å². The Morgan fingerprint density at radius 1 is 1.22 bits per heavy atom. The molecule has 0 spiro atoms. The lowest BCUT2D eigenvalue weighted by Gasteiger charge is -2.32. The smallest absolute Gasteiger partial charge is 0.398 e. The van der Waals surface area contributed by atoms with Gasteiger partial charge in [0.1, 0.15) is 0 Å². The van der Waals surface area contributed by atoms with Gasteiger partial charge in [0.05, 0.1) is 16.8 Å². The summed E-state index contributed by atoms with van der Waals surface area (Å²) in [5.74, 6) is 0.547. The monoisotopic (exact) mass is 250 g/mol. The summed E-state index contributed by atoms with van der Waals surface area (Å²) in [6, 6.07) is 1.98. The lowest BCUT2D eigenvalue weighted by atomic mass is 9.84. The van der Waals surface area contributed by atoms with Crippen LogP contribution in [0.5, 0.6) is 0 Å². The molecule has 4 nitrogen and oxygen atoms in total. The number of nitrogens with zero attached hydrogens (tertiary/aromatic N) is 2. The lowest BCUT2D eigenvalue weighted by Crippen LogP contribution is -2.41. The van der Waals surface area contributed by atoms with Gasteiger partial charge in [-0.1, -0.05) is 13.8 Å². The number of aromatic nitrogens is 2. The van der Waals surface area contributed by atoms with E-state index in [0.29, 0.717) is 5.92 Å². The molecule has 0 aliphatic carbocycles. The van der Waals surface area contributed by atoms with E-state index in [4.69, 9.17) is 9.31 Å². The van der Waals surface area contributed by atoms with Crippen molar-refractivity contribution in [2.45, 2.75) is 59.3 Å². The molecule has 0 aromatic carbocycles. The molecule has 1 aliphatic rings. The molecule has 100 valence electrons. The summed E-state index contributed by atoms with van der Waals surface area (Å²) in [6.45, 7) is 13.5. The van der Waals surface area contributed by atoms with Crippen LogP contribution in [0.3, 0.4) is 0 Å². The molecule has 1 fully saturated rings. The number of hydrogen-bond acceptors (Lipinski definition) is 3. The van der Waals surface area contributed by atoms with Gasteiger partial charge in [0.2, 0.25) is 0 Å². The van der Waals surface area contributed by atoms with Crippen LogP contribution >= 0.6 is 0 Å². The Morgan fingerprint density at radius 3 is 2.28 bits per heavy atom. The molecule has 1 aromatic heterocycles. The van der Waals surface area contributed by atoms with Crippen molar-refractivity contribution in [3.8, 4) is 0 Å². The first kappa shape index (κ1) is 13.6. The highest BCUT2D eigenvalue weighted by Gasteiger charge is 2.52. The van der Waals surface area contributed by atoms with E-state index >= 15 is 0 Å². The van der Waals surface area contributed by atoms with Crippen molar-refractivity contribution < 1.29 is 9.31 Å². The van der Waals surface area contributed by atoms with Gasteiger partial charge in [0, 0.05) is 12.7 Å². The van der Waals surface area contributed by atoms with E-state index in [2.05, 4.69) is 46.6 Å². The van der Waals surface area contributed by atoms with Crippen LogP contribution in [0.2, 0.25) is 0 Å². The molecule has 1 aliphatic heterocycles. The maximum atomic E-state index is 6.05. The Morgan fingerprint density at radius 2 is 1.78 bits per heavy atom. The van der Waals surface area contributed by atoms with Crippen molar-refractivity contribution in [1.29, 1.82) is 0 Å². The molecule has 0 radical (unpaired) electrons.